The van der Waals surface area contributed by atoms with Crippen molar-refractivity contribution in [3.8, 4) is 0 Å². The molecule has 0 aromatic rings. The molecule has 0 aromatic heterocycles. The van der Waals surface area contributed by atoms with Gasteiger partial charge in [-0.1, -0.05) is 48.0 Å². The van der Waals surface area contributed by atoms with Crippen LogP contribution in [0.2, 0.25) is 0 Å². The molecule has 0 unspecified atom stereocenters. The number of nitrogens with zero attached hydrogens (tertiary/aromatic N) is 2. The van der Waals surface area contributed by atoms with E-state index in [2.05, 4.69) is 0 Å². The molecule has 0 bridgehead atoms. The highest BCUT2D eigenvalue weighted by molar-refractivity contribution is 8.23. The van der Waals surface area contributed by atoms with Crippen LogP contribution in [0.15, 0.2) is 0 Å². The zero-order valence-electron chi connectivity index (χ0n) is 9.97. The van der Waals surface area contributed by atoms with Crippen molar-refractivity contribution in [2.75, 3.05) is 39.7 Å². The number of hydrogen-bond acceptors (Lipinski definition) is 5. The molecular formula is C9H18N2OS4. The van der Waals surface area contributed by atoms with Gasteiger partial charge in [-0.3, -0.25) is 0 Å². The second-order valence-electron chi connectivity index (χ2n) is 3.60. The molecule has 0 aliphatic heterocycles. The SMILES string of the molecule is CN(C)C(=S)SCC(O)CSC(=S)N(C)C. The Morgan fingerprint density at radius 3 is 1.56 bits per heavy atom. The van der Waals surface area contributed by atoms with E-state index in [4.69, 9.17) is 24.4 Å². The number of thiocarbonyl (C=S) groups is 2. The zero-order valence-corrected chi connectivity index (χ0v) is 13.2. The fourth-order valence-corrected chi connectivity index (χ4v) is 2.62. The van der Waals surface area contributed by atoms with E-state index < -0.39 is 0 Å². The van der Waals surface area contributed by atoms with Crippen LogP contribution in [0.3, 0.4) is 0 Å². The number of rotatable bonds is 4. The van der Waals surface area contributed by atoms with Crippen LogP contribution in [0.5, 0.6) is 0 Å². The summed E-state index contributed by atoms with van der Waals surface area (Å²) in [5.41, 5.74) is 0. The van der Waals surface area contributed by atoms with Crippen LogP contribution in [0.4, 0.5) is 0 Å². The summed E-state index contributed by atoms with van der Waals surface area (Å²) in [6, 6.07) is 0. The molecule has 0 radical (unpaired) electrons. The largest absolute Gasteiger partial charge is 0.391 e. The summed E-state index contributed by atoms with van der Waals surface area (Å²) >= 11 is 13.2. The molecule has 94 valence electrons. The van der Waals surface area contributed by atoms with E-state index >= 15 is 0 Å². The third kappa shape index (κ3) is 7.67. The molecule has 0 aliphatic carbocycles. The van der Waals surface area contributed by atoms with Crippen molar-refractivity contribution in [3.63, 3.8) is 0 Å². The molecule has 16 heavy (non-hydrogen) atoms. The maximum atomic E-state index is 9.71. The van der Waals surface area contributed by atoms with Crippen molar-refractivity contribution in [1.29, 1.82) is 0 Å². The lowest BCUT2D eigenvalue weighted by Gasteiger charge is -2.17. The minimum atomic E-state index is -0.384. The predicted molar refractivity (Wildman–Crippen MR) is 83.5 cm³/mol. The Morgan fingerprint density at radius 1 is 1.00 bits per heavy atom. The van der Waals surface area contributed by atoms with Crippen LogP contribution in [0.1, 0.15) is 0 Å². The first-order valence-corrected chi connectivity index (χ1v) is 7.49. The molecule has 0 saturated carbocycles. The minimum absolute atomic E-state index is 0.384. The van der Waals surface area contributed by atoms with Crippen molar-refractivity contribution in [1.82, 2.24) is 9.80 Å². The van der Waals surface area contributed by atoms with Crippen LogP contribution < -0.4 is 0 Å². The van der Waals surface area contributed by atoms with Crippen LogP contribution >= 0.6 is 48.0 Å². The van der Waals surface area contributed by atoms with E-state index in [-0.39, 0.29) is 6.10 Å². The second kappa shape index (κ2) is 8.52. The van der Waals surface area contributed by atoms with Gasteiger partial charge in [-0.2, -0.15) is 0 Å². The van der Waals surface area contributed by atoms with E-state index in [1.54, 1.807) is 0 Å². The van der Waals surface area contributed by atoms with Gasteiger partial charge in [-0.05, 0) is 0 Å². The molecule has 0 rings (SSSR count). The highest BCUT2D eigenvalue weighted by Gasteiger charge is 2.10. The monoisotopic (exact) mass is 298 g/mol. The number of aliphatic hydroxyl groups is 1. The van der Waals surface area contributed by atoms with Gasteiger partial charge in [0.2, 0.25) is 0 Å². The van der Waals surface area contributed by atoms with Crippen LogP contribution in [0.25, 0.3) is 0 Å². The lowest BCUT2D eigenvalue weighted by molar-refractivity contribution is 0.225. The Balaban J connectivity index is 3.71. The smallest absolute Gasteiger partial charge is 0.135 e. The summed E-state index contributed by atoms with van der Waals surface area (Å²) in [4.78, 5) is 3.73. The van der Waals surface area contributed by atoms with Gasteiger partial charge >= 0.3 is 0 Å². The summed E-state index contributed by atoms with van der Waals surface area (Å²) in [5.74, 6) is 1.22. The van der Waals surface area contributed by atoms with E-state index in [1.165, 1.54) is 23.5 Å². The third-order valence-corrected chi connectivity index (χ3v) is 5.29. The lowest BCUT2D eigenvalue weighted by Crippen LogP contribution is -2.23. The van der Waals surface area contributed by atoms with E-state index in [0.717, 1.165) is 8.64 Å². The van der Waals surface area contributed by atoms with Gasteiger partial charge in [0.15, 0.2) is 0 Å². The standard InChI is InChI=1S/C9H18N2OS4/c1-10(2)8(13)15-5-7(12)6-16-9(14)11(3)4/h7,12H,5-6H2,1-4H3. The summed E-state index contributed by atoms with van der Waals surface area (Å²) in [5, 5.41) is 9.71. The van der Waals surface area contributed by atoms with Crippen molar-refractivity contribution in [3.05, 3.63) is 0 Å². The van der Waals surface area contributed by atoms with Crippen molar-refractivity contribution in [2.45, 2.75) is 6.10 Å². The van der Waals surface area contributed by atoms with Gasteiger partial charge in [0.25, 0.3) is 0 Å². The molecule has 0 aromatic carbocycles. The Kier molecular flexibility index (Phi) is 8.75. The normalized spacial score (nSPS) is 10.4. The number of thioether (sulfide) groups is 2. The molecule has 0 heterocycles. The Hall–Kier alpha value is 0.440. The van der Waals surface area contributed by atoms with Gasteiger partial charge in [-0.15, -0.1) is 0 Å². The van der Waals surface area contributed by atoms with E-state index in [9.17, 15) is 5.11 Å². The van der Waals surface area contributed by atoms with Gasteiger partial charge in [0, 0.05) is 39.7 Å². The van der Waals surface area contributed by atoms with Crippen LogP contribution in [-0.4, -0.2) is 69.3 Å². The number of aliphatic hydroxyl groups excluding tert-OH is 1. The Bertz CT molecular complexity index is 222. The van der Waals surface area contributed by atoms with E-state index in [1.807, 2.05) is 38.0 Å². The lowest BCUT2D eigenvalue weighted by atomic mass is 10.5. The number of hydrogen-bond donors (Lipinski definition) is 1. The minimum Gasteiger partial charge on any atom is -0.391 e. The molecule has 1 N–H and O–H groups in total. The second-order valence-corrected chi connectivity index (χ2v) is 6.90. The van der Waals surface area contributed by atoms with Crippen molar-refractivity contribution < 1.29 is 5.11 Å². The molecule has 0 aliphatic rings. The van der Waals surface area contributed by atoms with Gasteiger partial charge in [0.05, 0.1) is 6.10 Å². The molecule has 0 amide bonds. The Morgan fingerprint density at radius 2 is 1.31 bits per heavy atom. The molecular weight excluding hydrogens is 280 g/mol. The third-order valence-electron chi connectivity index (χ3n) is 1.53. The first-order valence-electron chi connectivity index (χ1n) is 4.70. The maximum Gasteiger partial charge on any atom is 0.135 e. The summed E-state index contributed by atoms with van der Waals surface area (Å²) in [6.07, 6.45) is -0.384. The summed E-state index contributed by atoms with van der Waals surface area (Å²) < 4.78 is 1.58. The molecule has 0 fully saturated rings. The average molecular weight is 299 g/mol. The maximum absolute atomic E-state index is 9.71. The van der Waals surface area contributed by atoms with Gasteiger partial charge in [0.1, 0.15) is 8.64 Å². The van der Waals surface area contributed by atoms with Crippen molar-refractivity contribution >= 4 is 56.6 Å². The quantitative estimate of drug-likeness (QED) is 0.786. The fourth-order valence-electron chi connectivity index (χ4n) is 0.641. The Labute approximate surface area is 117 Å². The van der Waals surface area contributed by atoms with Crippen molar-refractivity contribution in [2.24, 2.45) is 0 Å². The molecule has 3 nitrogen and oxygen atoms in total. The molecule has 0 spiro atoms. The summed E-state index contributed by atoms with van der Waals surface area (Å²) in [7, 11) is 7.60. The predicted octanol–water partition coefficient (Wildman–Crippen LogP) is 1.51. The highest BCUT2D eigenvalue weighted by Crippen LogP contribution is 2.13. The molecule has 7 heteroatoms. The van der Waals surface area contributed by atoms with Gasteiger partial charge < -0.3 is 14.9 Å². The summed E-state index contributed by atoms with van der Waals surface area (Å²) in [6.45, 7) is 0. The van der Waals surface area contributed by atoms with Gasteiger partial charge in [-0.25, -0.2) is 0 Å². The van der Waals surface area contributed by atoms with E-state index in [0.29, 0.717) is 11.5 Å². The van der Waals surface area contributed by atoms with Crippen LogP contribution in [0, 0.1) is 0 Å². The average Bonchev–Trinajstić information content (AvgIpc) is 2.21. The zero-order chi connectivity index (χ0) is 12.7. The fraction of sp³-hybridized carbons (Fsp3) is 0.778. The van der Waals surface area contributed by atoms with Crippen LogP contribution in [-0.2, 0) is 0 Å². The first-order chi connectivity index (χ1) is 7.34. The molecule has 0 saturated heterocycles. The first kappa shape index (κ1) is 16.4. The topological polar surface area (TPSA) is 26.7 Å². The molecule has 0 atom stereocenters. The highest BCUT2D eigenvalue weighted by atomic mass is 32.2.